The molecule has 16 heavy (non-hydrogen) atoms. The lowest BCUT2D eigenvalue weighted by molar-refractivity contribution is 0.407. The molecule has 1 atom stereocenters. The molecule has 0 aliphatic carbocycles. The third-order valence-corrected chi connectivity index (χ3v) is 2.90. The molecular weight excluding hydrogens is 229 g/mol. The number of rotatable bonds is 2. The van der Waals surface area contributed by atoms with Gasteiger partial charge in [-0.25, -0.2) is 4.39 Å². The maximum atomic E-state index is 13.3. The van der Waals surface area contributed by atoms with Gasteiger partial charge in [0.15, 0.2) is 0 Å². The molecule has 1 N–H and O–H groups in total. The van der Waals surface area contributed by atoms with E-state index in [2.05, 4.69) is 5.32 Å². The summed E-state index contributed by atoms with van der Waals surface area (Å²) in [5.41, 5.74) is 1.04. The molecule has 4 heteroatoms. The summed E-state index contributed by atoms with van der Waals surface area (Å²) in [7, 11) is 1.57. The molecule has 0 radical (unpaired) electrons. The van der Waals surface area contributed by atoms with Gasteiger partial charge in [-0.3, -0.25) is 0 Å². The van der Waals surface area contributed by atoms with Crippen molar-refractivity contribution >= 4 is 12.4 Å². The van der Waals surface area contributed by atoms with Gasteiger partial charge in [-0.1, -0.05) is 0 Å². The molecule has 1 aliphatic heterocycles. The molecule has 1 aromatic carbocycles. The molecule has 0 aromatic heterocycles. The average molecular weight is 246 g/mol. The summed E-state index contributed by atoms with van der Waals surface area (Å²) in [6.07, 6.45) is 2.28. The van der Waals surface area contributed by atoms with Crippen LogP contribution < -0.4 is 10.1 Å². The Morgan fingerprint density at radius 2 is 2.19 bits per heavy atom. The van der Waals surface area contributed by atoms with Crippen LogP contribution in [-0.4, -0.2) is 20.2 Å². The fourth-order valence-electron chi connectivity index (χ4n) is 2.07. The van der Waals surface area contributed by atoms with Crippen LogP contribution in [0, 0.1) is 5.82 Å². The monoisotopic (exact) mass is 245 g/mol. The minimum atomic E-state index is -0.213. The second-order valence-corrected chi connectivity index (χ2v) is 3.97. The number of ether oxygens (including phenoxy) is 1. The van der Waals surface area contributed by atoms with E-state index >= 15 is 0 Å². The number of methoxy groups -OCH3 is 1. The Morgan fingerprint density at radius 3 is 2.81 bits per heavy atom. The number of halogens is 2. The van der Waals surface area contributed by atoms with Crippen LogP contribution in [-0.2, 0) is 0 Å². The lowest BCUT2D eigenvalue weighted by Gasteiger charge is -2.23. The van der Waals surface area contributed by atoms with Gasteiger partial charge in [-0.15, -0.1) is 12.4 Å². The summed E-state index contributed by atoms with van der Waals surface area (Å²) in [4.78, 5) is 0. The van der Waals surface area contributed by atoms with Gasteiger partial charge in [0.05, 0.1) is 7.11 Å². The number of nitrogens with one attached hydrogen (secondary N) is 1. The van der Waals surface area contributed by atoms with Gasteiger partial charge in [0.2, 0.25) is 0 Å². The molecule has 1 saturated heterocycles. The summed E-state index contributed by atoms with van der Waals surface area (Å²) in [6, 6.07) is 4.96. The van der Waals surface area contributed by atoms with Crippen LogP contribution in [0.25, 0.3) is 0 Å². The molecule has 0 saturated carbocycles. The first-order valence-electron chi connectivity index (χ1n) is 5.35. The molecule has 0 spiro atoms. The molecule has 1 aromatic rings. The van der Waals surface area contributed by atoms with E-state index in [1.165, 1.54) is 6.07 Å². The Bertz CT molecular complexity index is 340. The fourth-order valence-corrected chi connectivity index (χ4v) is 2.07. The van der Waals surface area contributed by atoms with Crippen LogP contribution in [0.2, 0.25) is 0 Å². The molecule has 1 fully saturated rings. The van der Waals surface area contributed by atoms with Crippen molar-refractivity contribution in [3.63, 3.8) is 0 Å². The van der Waals surface area contributed by atoms with E-state index in [9.17, 15) is 4.39 Å². The van der Waals surface area contributed by atoms with Crippen LogP contribution in [0.5, 0.6) is 5.75 Å². The van der Waals surface area contributed by atoms with Gasteiger partial charge >= 0.3 is 0 Å². The van der Waals surface area contributed by atoms with Crippen molar-refractivity contribution in [2.24, 2.45) is 0 Å². The molecule has 90 valence electrons. The molecule has 0 amide bonds. The van der Waals surface area contributed by atoms with Gasteiger partial charge in [-0.2, -0.15) is 0 Å². The highest BCUT2D eigenvalue weighted by Crippen LogP contribution is 2.27. The Kier molecular flexibility index (Phi) is 5.03. The maximum absolute atomic E-state index is 13.3. The predicted octanol–water partition coefficient (Wildman–Crippen LogP) is 2.72. The lowest BCUT2D eigenvalue weighted by Crippen LogP contribution is -2.28. The molecule has 2 rings (SSSR count). The van der Waals surface area contributed by atoms with E-state index in [1.807, 2.05) is 6.07 Å². The number of hydrogen-bond acceptors (Lipinski definition) is 2. The lowest BCUT2D eigenvalue weighted by atomic mass is 9.91. The highest BCUT2D eigenvalue weighted by molar-refractivity contribution is 5.85. The molecule has 1 aliphatic rings. The largest absolute Gasteiger partial charge is 0.497 e. The Labute approximate surface area is 102 Å². The zero-order valence-corrected chi connectivity index (χ0v) is 10.1. The third-order valence-electron chi connectivity index (χ3n) is 2.90. The van der Waals surface area contributed by atoms with Gasteiger partial charge in [-0.05, 0) is 43.0 Å². The van der Waals surface area contributed by atoms with E-state index in [-0.39, 0.29) is 18.2 Å². The van der Waals surface area contributed by atoms with Gasteiger partial charge in [0, 0.05) is 12.6 Å². The first kappa shape index (κ1) is 13.3. The minimum Gasteiger partial charge on any atom is -0.497 e. The minimum absolute atomic E-state index is 0. The highest BCUT2D eigenvalue weighted by Gasteiger charge is 2.16. The normalized spacial score (nSPS) is 20.0. The molecule has 1 unspecified atom stereocenters. The smallest absolute Gasteiger partial charge is 0.127 e. The Morgan fingerprint density at radius 1 is 1.38 bits per heavy atom. The number of benzene rings is 1. The van der Waals surface area contributed by atoms with Crippen LogP contribution >= 0.6 is 12.4 Å². The van der Waals surface area contributed by atoms with Crippen molar-refractivity contribution in [1.82, 2.24) is 5.32 Å². The fraction of sp³-hybridized carbons (Fsp3) is 0.500. The van der Waals surface area contributed by atoms with Crippen LogP contribution in [0.3, 0.4) is 0 Å². The van der Waals surface area contributed by atoms with E-state index < -0.39 is 0 Å². The van der Waals surface area contributed by atoms with Crippen LogP contribution in [0.15, 0.2) is 18.2 Å². The number of piperidine rings is 1. The van der Waals surface area contributed by atoms with Crippen molar-refractivity contribution in [1.29, 1.82) is 0 Å². The zero-order valence-electron chi connectivity index (χ0n) is 9.33. The molecular formula is C12H17ClFNO. The Hall–Kier alpha value is -0.800. The second kappa shape index (κ2) is 6.06. The molecule has 2 nitrogen and oxygen atoms in total. The quantitative estimate of drug-likeness (QED) is 0.865. The first-order chi connectivity index (χ1) is 7.29. The predicted molar refractivity (Wildman–Crippen MR) is 65.0 cm³/mol. The summed E-state index contributed by atoms with van der Waals surface area (Å²) in [5, 5.41) is 3.33. The van der Waals surface area contributed by atoms with Crippen LogP contribution in [0.1, 0.15) is 24.3 Å². The standard InChI is InChI=1S/C12H16FNO.ClH/c1-15-12-6-10(5-11(13)7-12)9-3-2-4-14-8-9;/h5-7,9,14H,2-4,8H2,1H3;1H. The van der Waals surface area contributed by atoms with E-state index in [4.69, 9.17) is 4.74 Å². The molecule has 1 heterocycles. The SMILES string of the molecule is COc1cc(F)cc(C2CCCNC2)c1.Cl. The van der Waals surface area contributed by atoms with Gasteiger partial charge in [0.1, 0.15) is 11.6 Å². The summed E-state index contributed by atoms with van der Waals surface area (Å²) < 4.78 is 18.3. The van der Waals surface area contributed by atoms with Crippen molar-refractivity contribution in [3.8, 4) is 5.75 Å². The Balaban J connectivity index is 0.00000128. The maximum Gasteiger partial charge on any atom is 0.127 e. The third kappa shape index (κ3) is 3.09. The second-order valence-electron chi connectivity index (χ2n) is 3.97. The highest BCUT2D eigenvalue weighted by atomic mass is 35.5. The van der Waals surface area contributed by atoms with Crippen molar-refractivity contribution in [2.45, 2.75) is 18.8 Å². The first-order valence-corrected chi connectivity index (χ1v) is 5.35. The average Bonchev–Trinajstić information content (AvgIpc) is 2.29. The topological polar surface area (TPSA) is 21.3 Å². The molecule has 0 bridgehead atoms. The summed E-state index contributed by atoms with van der Waals surface area (Å²) in [5.74, 6) is 0.814. The van der Waals surface area contributed by atoms with Gasteiger partial charge < -0.3 is 10.1 Å². The van der Waals surface area contributed by atoms with E-state index in [0.717, 1.165) is 31.5 Å². The van der Waals surface area contributed by atoms with Crippen LogP contribution in [0.4, 0.5) is 4.39 Å². The van der Waals surface area contributed by atoms with Crippen molar-refractivity contribution in [3.05, 3.63) is 29.6 Å². The number of hydrogen-bond donors (Lipinski definition) is 1. The van der Waals surface area contributed by atoms with E-state index in [0.29, 0.717) is 11.7 Å². The van der Waals surface area contributed by atoms with E-state index in [1.54, 1.807) is 13.2 Å². The van der Waals surface area contributed by atoms with Gasteiger partial charge in [0.25, 0.3) is 0 Å². The summed E-state index contributed by atoms with van der Waals surface area (Å²) in [6.45, 7) is 2.01. The van der Waals surface area contributed by atoms with Crippen molar-refractivity contribution in [2.75, 3.05) is 20.2 Å². The van der Waals surface area contributed by atoms with Crippen molar-refractivity contribution < 1.29 is 9.13 Å². The zero-order chi connectivity index (χ0) is 10.7. The summed E-state index contributed by atoms with van der Waals surface area (Å²) >= 11 is 0.